The zero-order valence-corrected chi connectivity index (χ0v) is 17.1. The van der Waals surface area contributed by atoms with Crippen molar-refractivity contribution in [1.82, 2.24) is 9.61 Å². The highest BCUT2D eigenvalue weighted by molar-refractivity contribution is 7.90. The Kier molecular flexibility index (Phi) is 4.19. The van der Waals surface area contributed by atoms with Crippen molar-refractivity contribution >= 4 is 15.6 Å². The van der Waals surface area contributed by atoms with E-state index in [0.29, 0.717) is 5.71 Å². The average Bonchev–Trinajstić information content (AvgIpc) is 3.20. The van der Waals surface area contributed by atoms with E-state index >= 15 is 0 Å². The van der Waals surface area contributed by atoms with Gasteiger partial charge >= 0.3 is 0 Å². The Balaban J connectivity index is 1.98. The SMILES string of the molecule is CC(C)(C)c1coc2c(-c3ccccc3)c(-c3ccc(S(C)(=O)=O)cc3)nn12. The van der Waals surface area contributed by atoms with Gasteiger partial charge in [-0.25, -0.2) is 12.9 Å². The van der Waals surface area contributed by atoms with E-state index in [9.17, 15) is 8.42 Å². The molecule has 0 aliphatic carbocycles. The van der Waals surface area contributed by atoms with E-state index in [1.807, 2.05) is 34.8 Å². The fraction of sp³-hybridized carbons (Fsp3) is 0.227. The van der Waals surface area contributed by atoms with E-state index in [1.165, 1.54) is 6.26 Å². The summed E-state index contributed by atoms with van der Waals surface area (Å²) in [6, 6.07) is 16.8. The Hall–Kier alpha value is -2.86. The highest BCUT2D eigenvalue weighted by Gasteiger charge is 2.26. The smallest absolute Gasteiger partial charge is 0.230 e. The number of rotatable bonds is 3. The van der Waals surface area contributed by atoms with Crippen LogP contribution in [0.5, 0.6) is 0 Å². The fourth-order valence-corrected chi connectivity index (χ4v) is 3.89. The summed E-state index contributed by atoms with van der Waals surface area (Å²) < 4.78 is 31.4. The monoisotopic (exact) mass is 394 g/mol. The molecule has 0 aliphatic heterocycles. The van der Waals surface area contributed by atoms with Crippen LogP contribution in [0.25, 0.3) is 28.1 Å². The zero-order valence-electron chi connectivity index (χ0n) is 16.3. The fourth-order valence-electron chi connectivity index (χ4n) is 3.26. The van der Waals surface area contributed by atoms with Gasteiger partial charge in [-0.15, -0.1) is 0 Å². The molecule has 0 N–H and O–H groups in total. The van der Waals surface area contributed by atoms with Crippen molar-refractivity contribution in [1.29, 1.82) is 0 Å². The van der Waals surface area contributed by atoms with Crippen molar-refractivity contribution < 1.29 is 12.8 Å². The van der Waals surface area contributed by atoms with Crippen molar-refractivity contribution in [2.45, 2.75) is 31.1 Å². The van der Waals surface area contributed by atoms with Gasteiger partial charge in [0.1, 0.15) is 12.0 Å². The summed E-state index contributed by atoms with van der Waals surface area (Å²) in [5.41, 5.74) is 5.00. The van der Waals surface area contributed by atoms with Gasteiger partial charge in [-0.1, -0.05) is 63.2 Å². The van der Waals surface area contributed by atoms with Gasteiger partial charge in [0.2, 0.25) is 5.71 Å². The Bertz CT molecular complexity index is 1240. The lowest BCUT2D eigenvalue weighted by Crippen LogP contribution is -2.14. The standard InChI is InChI=1S/C22H22N2O3S/c1-22(2,3)18-14-27-21-19(15-8-6-5-7-9-15)20(23-24(18)21)16-10-12-17(13-11-16)28(4,25)26/h5-14H,1-4H3. The third-order valence-electron chi connectivity index (χ3n) is 4.74. The summed E-state index contributed by atoms with van der Waals surface area (Å²) in [4.78, 5) is 0.288. The molecule has 0 unspecified atom stereocenters. The molecule has 5 nitrogen and oxygen atoms in total. The highest BCUT2D eigenvalue weighted by Crippen LogP contribution is 2.38. The lowest BCUT2D eigenvalue weighted by molar-refractivity contribution is 0.542. The van der Waals surface area contributed by atoms with Crippen LogP contribution in [0.2, 0.25) is 0 Å². The first-order valence-electron chi connectivity index (χ1n) is 9.03. The highest BCUT2D eigenvalue weighted by atomic mass is 32.2. The predicted octanol–water partition coefficient (Wildman–Crippen LogP) is 4.96. The summed E-state index contributed by atoms with van der Waals surface area (Å²) in [7, 11) is -3.25. The molecule has 4 aromatic rings. The maximum atomic E-state index is 11.8. The van der Waals surface area contributed by atoms with Gasteiger partial charge in [0.25, 0.3) is 0 Å². The maximum absolute atomic E-state index is 11.8. The topological polar surface area (TPSA) is 64.6 Å². The molecule has 0 radical (unpaired) electrons. The van der Waals surface area contributed by atoms with Gasteiger partial charge in [-0.3, -0.25) is 0 Å². The van der Waals surface area contributed by atoms with E-state index in [2.05, 4.69) is 20.8 Å². The Morgan fingerprint density at radius 2 is 1.57 bits per heavy atom. The summed E-state index contributed by atoms with van der Waals surface area (Å²) in [6.07, 6.45) is 2.96. The molecule has 0 fully saturated rings. The van der Waals surface area contributed by atoms with Crippen molar-refractivity contribution in [2.24, 2.45) is 0 Å². The zero-order chi connectivity index (χ0) is 20.1. The number of fused-ring (bicyclic) bond motifs is 1. The van der Waals surface area contributed by atoms with Crippen LogP contribution < -0.4 is 0 Å². The van der Waals surface area contributed by atoms with Gasteiger partial charge in [-0.05, 0) is 17.7 Å². The lowest BCUT2D eigenvalue weighted by Gasteiger charge is -2.15. The molecule has 2 aromatic heterocycles. The Labute approximate surface area is 164 Å². The second kappa shape index (κ2) is 6.34. The molecule has 0 spiro atoms. The van der Waals surface area contributed by atoms with E-state index in [-0.39, 0.29) is 10.3 Å². The maximum Gasteiger partial charge on any atom is 0.230 e. The molecule has 0 saturated carbocycles. The summed E-state index contributed by atoms with van der Waals surface area (Å²) >= 11 is 0. The first-order chi connectivity index (χ1) is 13.2. The number of nitrogens with zero attached hydrogens (tertiary/aromatic N) is 2. The van der Waals surface area contributed by atoms with E-state index < -0.39 is 9.84 Å². The van der Waals surface area contributed by atoms with Crippen LogP contribution in [0.15, 0.2) is 70.2 Å². The molecule has 0 amide bonds. The molecule has 4 rings (SSSR count). The molecule has 2 aromatic carbocycles. The van der Waals surface area contributed by atoms with Gasteiger partial charge in [0, 0.05) is 17.2 Å². The largest absolute Gasteiger partial charge is 0.444 e. The molecule has 0 aliphatic rings. The van der Waals surface area contributed by atoms with Crippen LogP contribution in [0.4, 0.5) is 0 Å². The normalized spacial score (nSPS) is 12.6. The number of oxazole rings is 1. The summed E-state index contributed by atoms with van der Waals surface area (Å²) in [6.45, 7) is 6.34. The molecular weight excluding hydrogens is 372 g/mol. The average molecular weight is 394 g/mol. The van der Waals surface area contributed by atoms with Gasteiger partial charge < -0.3 is 4.42 Å². The third-order valence-corrected chi connectivity index (χ3v) is 5.87. The minimum absolute atomic E-state index is 0.136. The van der Waals surface area contributed by atoms with Crippen molar-refractivity contribution in [3.63, 3.8) is 0 Å². The molecule has 0 bridgehead atoms. The minimum Gasteiger partial charge on any atom is -0.444 e. The number of hydrogen-bond donors (Lipinski definition) is 0. The number of benzene rings is 2. The van der Waals surface area contributed by atoms with E-state index in [0.717, 1.165) is 28.1 Å². The molecular formula is C22H22N2O3S. The quantitative estimate of drug-likeness (QED) is 0.492. The third kappa shape index (κ3) is 3.14. The first kappa shape index (κ1) is 18.5. The molecule has 6 heteroatoms. The van der Waals surface area contributed by atoms with Crippen molar-refractivity contribution in [2.75, 3.05) is 6.26 Å². The van der Waals surface area contributed by atoms with Gasteiger partial charge in [0.15, 0.2) is 9.84 Å². The lowest BCUT2D eigenvalue weighted by atomic mass is 9.93. The van der Waals surface area contributed by atoms with E-state index in [1.54, 1.807) is 30.5 Å². The van der Waals surface area contributed by atoms with Crippen molar-refractivity contribution in [3.05, 3.63) is 66.6 Å². The summed E-state index contributed by atoms with van der Waals surface area (Å²) in [5.74, 6) is 0. The predicted molar refractivity (Wildman–Crippen MR) is 110 cm³/mol. The molecule has 28 heavy (non-hydrogen) atoms. The minimum atomic E-state index is -3.25. The van der Waals surface area contributed by atoms with Crippen LogP contribution in [0.1, 0.15) is 26.5 Å². The van der Waals surface area contributed by atoms with Crippen LogP contribution in [-0.2, 0) is 15.3 Å². The van der Waals surface area contributed by atoms with E-state index in [4.69, 9.17) is 9.52 Å². The second-order valence-corrected chi connectivity index (χ2v) is 9.99. The summed E-state index contributed by atoms with van der Waals surface area (Å²) in [5, 5.41) is 4.85. The van der Waals surface area contributed by atoms with Crippen LogP contribution in [0.3, 0.4) is 0 Å². The molecule has 144 valence electrons. The molecule has 0 atom stereocenters. The first-order valence-corrected chi connectivity index (χ1v) is 10.9. The number of sulfone groups is 1. The molecule has 2 heterocycles. The molecule has 0 saturated heterocycles. The van der Waals surface area contributed by atoms with Crippen LogP contribution in [0, 0.1) is 0 Å². The Morgan fingerprint density at radius 1 is 0.929 bits per heavy atom. The van der Waals surface area contributed by atoms with Crippen molar-refractivity contribution in [3.8, 4) is 22.4 Å². The number of hydrogen-bond acceptors (Lipinski definition) is 4. The second-order valence-electron chi connectivity index (χ2n) is 7.97. The Morgan fingerprint density at radius 3 is 2.14 bits per heavy atom. The van der Waals surface area contributed by atoms with Gasteiger partial charge in [-0.2, -0.15) is 5.10 Å². The van der Waals surface area contributed by atoms with Crippen LogP contribution >= 0.6 is 0 Å². The number of aromatic nitrogens is 2. The van der Waals surface area contributed by atoms with Gasteiger partial charge in [0.05, 0.1) is 16.2 Å². The van der Waals surface area contributed by atoms with Crippen LogP contribution in [-0.4, -0.2) is 24.3 Å².